The molecule has 0 unspecified atom stereocenters. The lowest BCUT2D eigenvalue weighted by molar-refractivity contribution is 0.101. The second-order valence-corrected chi connectivity index (χ2v) is 5.99. The standard InChI is InChI=1S/C17H18OS/c1-12(2)16-6-4-5-7-17(16)19-15-10-8-14(9-11-15)13(3)18/h4-12H,1-3H3. The maximum Gasteiger partial charge on any atom is 0.159 e. The molecule has 2 aromatic carbocycles. The summed E-state index contributed by atoms with van der Waals surface area (Å²) >= 11 is 1.75. The Morgan fingerprint density at radius 3 is 2.21 bits per heavy atom. The van der Waals surface area contributed by atoms with Gasteiger partial charge in [-0.2, -0.15) is 0 Å². The zero-order valence-electron chi connectivity index (χ0n) is 11.5. The van der Waals surface area contributed by atoms with E-state index in [2.05, 4.69) is 38.1 Å². The van der Waals surface area contributed by atoms with E-state index in [0.29, 0.717) is 5.92 Å². The van der Waals surface area contributed by atoms with Crippen LogP contribution in [0.25, 0.3) is 0 Å². The number of ketones is 1. The van der Waals surface area contributed by atoms with E-state index in [1.165, 1.54) is 10.5 Å². The number of hydrogen-bond donors (Lipinski definition) is 0. The van der Waals surface area contributed by atoms with Crippen LogP contribution in [-0.4, -0.2) is 5.78 Å². The summed E-state index contributed by atoms with van der Waals surface area (Å²) in [5.41, 5.74) is 2.13. The van der Waals surface area contributed by atoms with Crippen molar-refractivity contribution in [3.05, 3.63) is 59.7 Å². The van der Waals surface area contributed by atoms with Crippen LogP contribution in [-0.2, 0) is 0 Å². The molecule has 0 amide bonds. The number of benzene rings is 2. The van der Waals surface area contributed by atoms with Gasteiger partial charge in [-0.1, -0.05) is 55.9 Å². The molecule has 0 bridgehead atoms. The number of hydrogen-bond acceptors (Lipinski definition) is 2. The first-order valence-electron chi connectivity index (χ1n) is 6.45. The van der Waals surface area contributed by atoms with Crippen LogP contribution in [0.5, 0.6) is 0 Å². The van der Waals surface area contributed by atoms with Gasteiger partial charge in [-0.25, -0.2) is 0 Å². The van der Waals surface area contributed by atoms with Crippen LogP contribution in [0.15, 0.2) is 58.3 Å². The van der Waals surface area contributed by atoms with Crippen LogP contribution in [0.3, 0.4) is 0 Å². The first-order chi connectivity index (χ1) is 9.08. The molecule has 98 valence electrons. The van der Waals surface area contributed by atoms with E-state index < -0.39 is 0 Å². The number of carbonyl (C=O) groups is 1. The van der Waals surface area contributed by atoms with Gasteiger partial charge in [-0.3, -0.25) is 4.79 Å². The molecule has 0 fully saturated rings. The molecule has 0 saturated heterocycles. The monoisotopic (exact) mass is 270 g/mol. The molecule has 0 aliphatic rings. The zero-order valence-corrected chi connectivity index (χ0v) is 12.3. The lowest BCUT2D eigenvalue weighted by atomic mass is 10.0. The molecule has 2 aromatic rings. The second-order valence-electron chi connectivity index (χ2n) is 4.88. The van der Waals surface area contributed by atoms with Gasteiger partial charge in [0.15, 0.2) is 5.78 Å². The Hall–Kier alpha value is -1.54. The van der Waals surface area contributed by atoms with Crippen LogP contribution in [0.1, 0.15) is 42.6 Å². The fourth-order valence-electron chi connectivity index (χ4n) is 1.94. The van der Waals surface area contributed by atoms with E-state index in [9.17, 15) is 4.79 Å². The summed E-state index contributed by atoms with van der Waals surface area (Å²) < 4.78 is 0. The third-order valence-electron chi connectivity index (χ3n) is 3.03. The van der Waals surface area contributed by atoms with E-state index in [1.807, 2.05) is 24.3 Å². The molecule has 0 spiro atoms. The van der Waals surface area contributed by atoms with Crippen LogP contribution >= 0.6 is 11.8 Å². The fraction of sp³-hybridized carbons (Fsp3) is 0.235. The smallest absolute Gasteiger partial charge is 0.159 e. The van der Waals surface area contributed by atoms with E-state index >= 15 is 0 Å². The van der Waals surface area contributed by atoms with Crippen molar-refractivity contribution in [2.75, 3.05) is 0 Å². The quantitative estimate of drug-likeness (QED) is 0.713. The highest BCUT2D eigenvalue weighted by molar-refractivity contribution is 7.99. The van der Waals surface area contributed by atoms with E-state index in [-0.39, 0.29) is 5.78 Å². The third kappa shape index (κ3) is 3.48. The summed E-state index contributed by atoms with van der Waals surface area (Å²) in [5.74, 6) is 0.624. The minimum atomic E-state index is 0.110. The second kappa shape index (κ2) is 6.07. The summed E-state index contributed by atoms with van der Waals surface area (Å²) in [6.07, 6.45) is 0. The lowest BCUT2D eigenvalue weighted by Gasteiger charge is -2.12. The SMILES string of the molecule is CC(=O)c1ccc(Sc2ccccc2C(C)C)cc1. The molecule has 0 aromatic heterocycles. The Morgan fingerprint density at radius 1 is 1.00 bits per heavy atom. The van der Waals surface area contributed by atoms with Crippen molar-refractivity contribution >= 4 is 17.5 Å². The first kappa shape index (κ1) is 13.9. The van der Waals surface area contributed by atoms with Gasteiger partial charge < -0.3 is 0 Å². The van der Waals surface area contributed by atoms with Crippen LogP contribution in [0.4, 0.5) is 0 Å². The zero-order chi connectivity index (χ0) is 13.8. The Bertz CT molecular complexity index is 570. The van der Waals surface area contributed by atoms with Crippen LogP contribution in [0.2, 0.25) is 0 Å². The topological polar surface area (TPSA) is 17.1 Å². The number of rotatable bonds is 4. The predicted molar refractivity (Wildman–Crippen MR) is 81.1 cm³/mol. The minimum Gasteiger partial charge on any atom is -0.295 e. The summed E-state index contributed by atoms with van der Waals surface area (Å²) in [5, 5.41) is 0. The summed E-state index contributed by atoms with van der Waals surface area (Å²) in [4.78, 5) is 13.7. The molecule has 0 radical (unpaired) electrons. The van der Waals surface area contributed by atoms with Gasteiger partial charge in [0.2, 0.25) is 0 Å². The van der Waals surface area contributed by atoms with Gasteiger partial charge in [-0.05, 0) is 36.6 Å². The average Bonchev–Trinajstić information content (AvgIpc) is 2.39. The molecule has 0 atom stereocenters. The highest BCUT2D eigenvalue weighted by Crippen LogP contribution is 2.33. The van der Waals surface area contributed by atoms with Crippen LogP contribution < -0.4 is 0 Å². The Labute approximate surface area is 119 Å². The Morgan fingerprint density at radius 2 is 1.63 bits per heavy atom. The van der Waals surface area contributed by atoms with Crippen molar-refractivity contribution in [3.63, 3.8) is 0 Å². The molecule has 0 heterocycles. The Balaban J connectivity index is 2.24. The largest absolute Gasteiger partial charge is 0.295 e. The lowest BCUT2D eigenvalue weighted by Crippen LogP contribution is -1.92. The molecular formula is C17H18OS. The first-order valence-corrected chi connectivity index (χ1v) is 7.27. The molecule has 2 heteroatoms. The highest BCUT2D eigenvalue weighted by Gasteiger charge is 2.07. The summed E-state index contributed by atoms with van der Waals surface area (Å²) in [6, 6.07) is 16.3. The van der Waals surface area contributed by atoms with Crippen molar-refractivity contribution in [3.8, 4) is 0 Å². The Kier molecular flexibility index (Phi) is 4.43. The van der Waals surface area contributed by atoms with Gasteiger partial charge >= 0.3 is 0 Å². The number of Topliss-reactive ketones (excluding diaryl/α,β-unsaturated/α-hetero) is 1. The molecule has 0 aliphatic carbocycles. The van der Waals surface area contributed by atoms with Gasteiger partial charge in [0.05, 0.1) is 0 Å². The molecular weight excluding hydrogens is 252 g/mol. The highest BCUT2D eigenvalue weighted by atomic mass is 32.2. The van der Waals surface area contributed by atoms with Crippen LogP contribution in [0, 0.1) is 0 Å². The summed E-state index contributed by atoms with van der Waals surface area (Å²) in [7, 11) is 0. The van der Waals surface area contributed by atoms with Gasteiger partial charge in [0, 0.05) is 15.4 Å². The van der Waals surface area contributed by atoms with Gasteiger partial charge in [0.1, 0.15) is 0 Å². The maximum atomic E-state index is 11.3. The van der Waals surface area contributed by atoms with Gasteiger partial charge in [0.25, 0.3) is 0 Å². The van der Waals surface area contributed by atoms with Crippen molar-refractivity contribution in [1.82, 2.24) is 0 Å². The van der Waals surface area contributed by atoms with Crippen molar-refractivity contribution in [1.29, 1.82) is 0 Å². The van der Waals surface area contributed by atoms with E-state index in [4.69, 9.17) is 0 Å². The number of carbonyl (C=O) groups excluding carboxylic acids is 1. The predicted octanol–water partition coefficient (Wildman–Crippen LogP) is 5.16. The van der Waals surface area contributed by atoms with Crippen molar-refractivity contribution in [2.45, 2.75) is 36.5 Å². The molecule has 0 N–H and O–H groups in total. The third-order valence-corrected chi connectivity index (χ3v) is 4.13. The molecule has 19 heavy (non-hydrogen) atoms. The molecule has 0 aliphatic heterocycles. The molecule has 1 nitrogen and oxygen atoms in total. The van der Waals surface area contributed by atoms with E-state index in [1.54, 1.807) is 18.7 Å². The fourth-order valence-corrected chi connectivity index (χ4v) is 3.03. The molecule has 0 saturated carbocycles. The average molecular weight is 270 g/mol. The van der Waals surface area contributed by atoms with E-state index in [0.717, 1.165) is 10.5 Å². The van der Waals surface area contributed by atoms with Gasteiger partial charge in [-0.15, -0.1) is 0 Å². The minimum absolute atomic E-state index is 0.110. The maximum absolute atomic E-state index is 11.3. The normalized spacial score (nSPS) is 10.7. The van der Waals surface area contributed by atoms with Crippen molar-refractivity contribution < 1.29 is 4.79 Å². The summed E-state index contributed by atoms with van der Waals surface area (Å²) in [6.45, 7) is 6.01. The molecule has 2 rings (SSSR count). The van der Waals surface area contributed by atoms with Crippen molar-refractivity contribution in [2.24, 2.45) is 0 Å².